The third-order valence-corrected chi connectivity index (χ3v) is 7.86. The molecule has 0 bridgehead atoms. The summed E-state index contributed by atoms with van der Waals surface area (Å²) in [5.41, 5.74) is 2.41. The molecular weight excluding hydrogens is 495 g/mol. The van der Waals surface area contributed by atoms with Crippen molar-refractivity contribution in [3.8, 4) is 5.75 Å². The molecule has 0 aliphatic heterocycles. The van der Waals surface area contributed by atoms with Gasteiger partial charge < -0.3 is 10.1 Å². The standard InChI is InChI=1S/C25H26Cl2N2O4S/c1-17-4-11-22(12-5-17)34(31,32)29(15-19-6-13-23(26)24(27)14-19)16-25(30)28-18(2)20-7-9-21(33-3)10-8-20/h4-14,18H,15-16H2,1-3H3,(H,28,30). The predicted molar refractivity (Wildman–Crippen MR) is 135 cm³/mol. The zero-order valence-electron chi connectivity index (χ0n) is 19.1. The normalized spacial score (nSPS) is 12.4. The van der Waals surface area contributed by atoms with Crippen LogP contribution in [-0.4, -0.2) is 32.3 Å². The van der Waals surface area contributed by atoms with E-state index in [0.29, 0.717) is 21.4 Å². The molecule has 0 aliphatic carbocycles. The average molecular weight is 521 g/mol. The Labute approximate surface area is 210 Å². The van der Waals surface area contributed by atoms with E-state index >= 15 is 0 Å². The molecule has 6 nitrogen and oxygen atoms in total. The topological polar surface area (TPSA) is 75.7 Å². The van der Waals surface area contributed by atoms with Crippen LogP contribution in [0.15, 0.2) is 71.6 Å². The van der Waals surface area contributed by atoms with E-state index in [2.05, 4.69) is 5.32 Å². The van der Waals surface area contributed by atoms with Crippen LogP contribution in [0.1, 0.15) is 29.7 Å². The van der Waals surface area contributed by atoms with E-state index in [1.165, 1.54) is 12.1 Å². The lowest BCUT2D eigenvalue weighted by atomic mass is 10.1. The number of methoxy groups -OCH3 is 1. The maximum absolute atomic E-state index is 13.4. The van der Waals surface area contributed by atoms with Crippen molar-refractivity contribution < 1.29 is 17.9 Å². The first-order valence-corrected chi connectivity index (χ1v) is 12.7. The summed E-state index contributed by atoms with van der Waals surface area (Å²) in [4.78, 5) is 13.0. The minimum absolute atomic E-state index is 0.0442. The number of halogens is 2. The Morgan fingerprint density at radius 2 is 1.65 bits per heavy atom. The number of benzene rings is 3. The van der Waals surface area contributed by atoms with Crippen molar-refractivity contribution >= 4 is 39.1 Å². The molecular formula is C25H26Cl2N2O4S. The number of nitrogens with one attached hydrogen (secondary N) is 1. The van der Waals surface area contributed by atoms with Crippen LogP contribution in [0.25, 0.3) is 0 Å². The zero-order chi connectivity index (χ0) is 24.9. The highest BCUT2D eigenvalue weighted by atomic mass is 35.5. The number of amides is 1. The van der Waals surface area contributed by atoms with E-state index in [-0.39, 0.29) is 24.0 Å². The number of sulfonamides is 1. The number of hydrogen-bond donors (Lipinski definition) is 1. The minimum atomic E-state index is -3.96. The fraction of sp³-hybridized carbons (Fsp3) is 0.240. The molecule has 0 aliphatic rings. The molecule has 180 valence electrons. The third-order valence-electron chi connectivity index (χ3n) is 5.31. The van der Waals surface area contributed by atoms with E-state index in [0.717, 1.165) is 15.4 Å². The maximum Gasteiger partial charge on any atom is 0.243 e. The summed E-state index contributed by atoms with van der Waals surface area (Å²) in [6.07, 6.45) is 0. The molecule has 0 aromatic heterocycles. The fourth-order valence-corrected chi connectivity index (χ4v) is 5.06. The van der Waals surface area contributed by atoms with Crippen LogP contribution >= 0.6 is 23.2 Å². The molecule has 3 rings (SSSR count). The molecule has 1 amide bonds. The largest absolute Gasteiger partial charge is 0.497 e. The molecule has 0 fully saturated rings. The van der Waals surface area contributed by atoms with Gasteiger partial charge in [-0.25, -0.2) is 8.42 Å². The summed E-state index contributed by atoms with van der Waals surface area (Å²) in [5, 5.41) is 3.54. The van der Waals surface area contributed by atoms with Crippen LogP contribution in [0, 0.1) is 6.92 Å². The number of carbonyl (C=O) groups excluding carboxylic acids is 1. The molecule has 1 atom stereocenters. The summed E-state index contributed by atoms with van der Waals surface area (Å²) >= 11 is 12.1. The highest BCUT2D eigenvalue weighted by Gasteiger charge is 2.27. The highest BCUT2D eigenvalue weighted by Crippen LogP contribution is 2.25. The van der Waals surface area contributed by atoms with Gasteiger partial charge in [-0.2, -0.15) is 4.31 Å². The minimum Gasteiger partial charge on any atom is -0.497 e. The lowest BCUT2D eigenvalue weighted by Crippen LogP contribution is -2.41. The molecule has 0 radical (unpaired) electrons. The van der Waals surface area contributed by atoms with Crippen molar-refractivity contribution in [2.24, 2.45) is 0 Å². The average Bonchev–Trinajstić information content (AvgIpc) is 2.81. The van der Waals surface area contributed by atoms with Crippen molar-refractivity contribution in [1.29, 1.82) is 0 Å². The van der Waals surface area contributed by atoms with Gasteiger partial charge in [0.25, 0.3) is 0 Å². The SMILES string of the molecule is COc1ccc(C(C)NC(=O)CN(Cc2ccc(Cl)c(Cl)c2)S(=O)(=O)c2ccc(C)cc2)cc1. The fourth-order valence-electron chi connectivity index (χ4n) is 3.35. The van der Waals surface area contributed by atoms with Crippen LogP contribution in [0.5, 0.6) is 5.75 Å². The van der Waals surface area contributed by atoms with Crippen molar-refractivity contribution in [1.82, 2.24) is 9.62 Å². The quantitative estimate of drug-likeness (QED) is 0.411. The van der Waals surface area contributed by atoms with Gasteiger partial charge in [0.2, 0.25) is 15.9 Å². The number of nitrogens with zero attached hydrogens (tertiary/aromatic N) is 1. The molecule has 1 unspecified atom stereocenters. The van der Waals surface area contributed by atoms with Crippen LogP contribution in [0.2, 0.25) is 10.0 Å². The lowest BCUT2D eigenvalue weighted by Gasteiger charge is -2.23. The van der Waals surface area contributed by atoms with Gasteiger partial charge in [0.05, 0.1) is 34.6 Å². The van der Waals surface area contributed by atoms with Gasteiger partial charge >= 0.3 is 0 Å². The first kappa shape index (κ1) is 26.0. The molecule has 0 spiro atoms. The molecule has 34 heavy (non-hydrogen) atoms. The zero-order valence-corrected chi connectivity index (χ0v) is 21.4. The maximum atomic E-state index is 13.4. The lowest BCUT2D eigenvalue weighted by molar-refractivity contribution is -0.122. The monoisotopic (exact) mass is 520 g/mol. The summed E-state index contributed by atoms with van der Waals surface area (Å²) in [5.74, 6) is 0.276. The molecule has 0 saturated carbocycles. The van der Waals surface area contributed by atoms with Gasteiger partial charge in [-0.05, 0) is 61.4 Å². The summed E-state index contributed by atoms with van der Waals surface area (Å²) < 4.78 is 33.2. The van der Waals surface area contributed by atoms with E-state index in [4.69, 9.17) is 27.9 Å². The van der Waals surface area contributed by atoms with E-state index in [1.54, 1.807) is 49.6 Å². The Morgan fingerprint density at radius 3 is 2.24 bits per heavy atom. The summed E-state index contributed by atoms with van der Waals surface area (Å²) in [6.45, 7) is 3.30. The Morgan fingerprint density at radius 1 is 1.00 bits per heavy atom. The summed E-state index contributed by atoms with van der Waals surface area (Å²) in [7, 11) is -2.38. The Balaban J connectivity index is 1.83. The molecule has 0 saturated heterocycles. The van der Waals surface area contributed by atoms with Crippen molar-refractivity contribution in [2.45, 2.75) is 31.3 Å². The molecule has 1 N–H and O–H groups in total. The van der Waals surface area contributed by atoms with E-state index in [1.807, 2.05) is 26.0 Å². The van der Waals surface area contributed by atoms with Gasteiger partial charge in [0.1, 0.15) is 5.75 Å². The molecule has 3 aromatic carbocycles. The number of hydrogen-bond acceptors (Lipinski definition) is 4. The second kappa shape index (κ2) is 11.2. The van der Waals surface area contributed by atoms with Gasteiger partial charge in [0.15, 0.2) is 0 Å². The number of carbonyl (C=O) groups is 1. The number of rotatable bonds is 9. The molecule has 9 heteroatoms. The van der Waals surface area contributed by atoms with E-state index < -0.39 is 15.9 Å². The predicted octanol–water partition coefficient (Wildman–Crippen LogP) is 5.38. The Bertz CT molecular complexity index is 1250. The Kier molecular flexibility index (Phi) is 8.60. The van der Waals surface area contributed by atoms with E-state index in [9.17, 15) is 13.2 Å². The van der Waals surface area contributed by atoms with Crippen molar-refractivity contribution in [3.05, 3.63) is 93.5 Å². The van der Waals surface area contributed by atoms with Crippen molar-refractivity contribution in [2.75, 3.05) is 13.7 Å². The van der Waals surface area contributed by atoms with Crippen LogP contribution in [-0.2, 0) is 21.4 Å². The smallest absolute Gasteiger partial charge is 0.243 e. The first-order valence-electron chi connectivity index (χ1n) is 10.5. The first-order chi connectivity index (χ1) is 16.1. The molecule has 0 heterocycles. The van der Waals surface area contributed by atoms with Crippen LogP contribution in [0.3, 0.4) is 0 Å². The van der Waals surface area contributed by atoms with Crippen LogP contribution in [0.4, 0.5) is 0 Å². The second-order valence-corrected chi connectivity index (χ2v) is 10.6. The third kappa shape index (κ3) is 6.51. The summed E-state index contributed by atoms with van der Waals surface area (Å²) in [6, 6.07) is 18.4. The van der Waals surface area contributed by atoms with Gasteiger partial charge in [-0.15, -0.1) is 0 Å². The number of aryl methyl sites for hydroxylation is 1. The second-order valence-electron chi connectivity index (χ2n) is 7.90. The number of ether oxygens (including phenoxy) is 1. The Hall–Kier alpha value is -2.58. The van der Waals surface area contributed by atoms with Gasteiger partial charge in [-0.1, -0.05) is 59.1 Å². The van der Waals surface area contributed by atoms with Gasteiger partial charge in [-0.3, -0.25) is 4.79 Å². The van der Waals surface area contributed by atoms with Crippen LogP contribution < -0.4 is 10.1 Å². The molecule has 3 aromatic rings. The van der Waals surface area contributed by atoms with Crippen molar-refractivity contribution in [3.63, 3.8) is 0 Å². The highest BCUT2D eigenvalue weighted by molar-refractivity contribution is 7.89. The van der Waals surface area contributed by atoms with Gasteiger partial charge in [0, 0.05) is 6.54 Å².